The topological polar surface area (TPSA) is 41.4 Å². The molecule has 0 spiro atoms. The molecule has 0 unspecified atom stereocenters. The second-order valence-electron chi connectivity index (χ2n) is 6.08. The lowest BCUT2D eigenvalue weighted by molar-refractivity contribution is -0.127. The fourth-order valence-corrected chi connectivity index (χ4v) is 3.06. The molecule has 1 fully saturated rings. The first-order valence-electron chi connectivity index (χ1n) is 8.14. The van der Waals surface area contributed by atoms with Crippen LogP contribution in [0.2, 0.25) is 5.02 Å². The van der Waals surface area contributed by atoms with Gasteiger partial charge in [-0.2, -0.15) is 5.10 Å². The van der Waals surface area contributed by atoms with Crippen molar-refractivity contribution >= 4 is 23.6 Å². The zero-order valence-corrected chi connectivity index (χ0v) is 14.8. The highest BCUT2D eigenvalue weighted by molar-refractivity contribution is 6.31. The molecule has 2 heterocycles. The Morgan fingerprint density at radius 2 is 2.08 bits per heavy atom. The molecule has 0 radical (unpaired) electrons. The van der Waals surface area contributed by atoms with E-state index in [0.29, 0.717) is 43.3 Å². The molecule has 0 saturated carbocycles. The summed E-state index contributed by atoms with van der Waals surface area (Å²) in [6.45, 7) is 3.07. The molecule has 3 rings (SSSR count). The molecule has 1 aromatic carbocycles. The molecule has 1 aromatic heterocycles. The average molecular weight is 363 g/mol. The minimum absolute atomic E-state index is 0.0209. The number of benzene rings is 1. The van der Waals surface area contributed by atoms with Crippen molar-refractivity contribution in [3.05, 3.63) is 58.6 Å². The summed E-state index contributed by atoms with van der Waals surface area (Å²) in [5, 5.41) is 4.51. The lowest BCUT2D eigenvalue weighted by atomic mass is 10.2. The molecule has 5 nitrogen and oxygen atoms in total. The number of nitrogens with zero attached hydrogens (tertiary/aromatic N) is 4. The van der Waals surface area contributed by atoms with Crippen LogP contribution in [-0.4, -0.2) is 51.7 Å². The quantitative estimate of drug-likeness (QED) is 0.785. The van der Waals surface area contributed by atoms with E-state index in [1.807, 2.05) is 13.2 Å². The molecule has 1 aliphatic heterocycles. The lowest BCUT2D eigenvalue weighted by Crippen LogP contribution is -2.47. The van der Waals surface area contributed by atoms with E-state index in [0.717, 1.165) is 5.56 Å². The van der Waals surface area contributed by atoms with Crippen molar-refractivity contribution in [1.29, 1.82) is 0 Å². The maximum absolute atomic E-state index is 13.9. The molecule has 2 aromatic rings. The van der Waals surface area contributed by atoms with Gasteiger partial charge in [0.2, 0.25) is 5.91 Å². The normalized spacial score (nSPS) is 15.9. The SMILES string of the molecule is Cn1cc(/C=C/C(=O)N2CCN(Cc3c(F)cccc3Cl)CC2)cn1. The molecule has 25 heavy (non-hydrogen) atoms. The third kappa shape index (κ3) is 4.46. The third-order valence-electron chi connectivity index (χ3n) is 4.27. The summed E-state index contributed by atoms with van der Waals surface area (Å²) in [4.78, 5) is 16.2. The maximum Gasteiger partial charge on any atom is 0.246 e. The van der Waals surface area contributed by atoms with Crippen LogP contribution in [0.3, 0.4) is 0 Å². The Morgan fingerprint density at radius 3 is 2.72 bits per heavy atom. The van der Waals surface area contributed by atoms with Crippen LogP contribution in [0.15, 0.2) is 36.7 Å². The van der Waals surface area contributed by atoms with Gasteiger partial charge in [0.25, 0.3) is 0 Å². The predicted octanol–water partition coefficient (Wildman–Crippen LogP) is 2.57. The fourth-order valence-electron chi connectivity index (χ4n) is 2.83. The average Bonchev–Trinajstić information content (AvgIpc) is 3.02. The van der Waals surface area contributed by atoms with Gasteiger partial charge in [-0.05, 0) is 18.2 Å². The van der Waals surface area contributed by atoms with Gasteiger partial charge in [-0.3, -0.25) is 14.4 Å². The van der Waals surface area contributed by atoms with Crippen LogP contribution in [0.4, 0.5) is 4.39 Å². The van der Waals surface area contributed by atoms with E-state index in [1.54, 1.807) is 40.1 Å². The van der Waals surface area contributed by atoms with Gasteiger partial charge < -0.3 is 4.90 Å². The molecule has 0 N–H and O–H groups in total. The summed E-state index contributed by atoms with van der Waals surface area (Å²) in [6.07, 6.45) is 6.89. The Morgan fingerprint density at radius 1 is 1.32 bits per heavy atom. The molecular formula is C18H20ClFN4O. The molecule has 1 saturated heterocycles. The summed E-state index contributed by atoms with van der Waals surface area (Å²) < 4.78 is 15.6. The van der Waals surface area contributed by atoms with Gasteiger partial charge in [0.05, 0.1) is 6.20 Å². The van der Waals surface area contributed by atoms with Crippen molar-refractivity contribution in [3.63, 3.8) is 0 Å². The second-order valence-corrected chi connectivity index (χ2v) is 6.49. The molecule has 0 bridgehead atoms. The van der Waals surface area contributed by atoms with Gasteiger partial charge in [-0.25, -0.2) is 4.39 Å². The zero-order chi connectivity index (χ0) is 17.8. The van der Waals surface area contributed by atoms with E-state index in [4.69, 9.17) is 11.6 Å². The van der Waals surface area contributed by atoms with E-state index in [1.165, 1.54) is 6.07 Å². The Bertz CT molecular complexity index is 761. The third-order valence-corrected chi connectivity index (χ3v) is 4.62. The van der Waals surface area contributed by atoms with Gasteiger partial charge in [-0.15, -0.1) is 0 Å². The number of hydrogen-bond donors (Lipinski definition) is 0. The van der Waals surface area contributed by atoms with Crippen LogP contribution >= 0.6 is 11.6 Å². The molecular weight excluding hydrogens is 343 g/mol. The Kier molecular flexibility index (Phi) is 5.50. The van der Waals surface area contributed by atoms with Crippen LogP contribution in [0, 0.1) is 5.82 Å². The van der Waals surface area contributed by atoms with Crippen molar-refractivity contribution in [3.8, 4) is 0 Å². The predicted molar refractivity (Wildman–Crippen MR) is 95.5 cm³/mol. The Hall–Kier alpha value is -2.18. The Balaban J connectivity index is 1.53. The minimum atomic E-state index is -0.287. The van der Waals surface area contributed by atoms with Gasteiger partial charge in [0.1, 0.15) is 5.82 Å². The lowest BCUT2D eigenvalue weighted by Gasteiger charge is -2.34. The number of carbonyl (C=O) groups is 1. The number of rotatable bonds is 4. The number of hydrogen-bond acceptors (Lipinski definition) is 3. The number of carbonyl (C=O) groups excluding carboxylic acids is 1. The number of piperazine rings is 1. The van der Waals surface area contributed by atoms with E-state index >= 15 is 0 Å². The second kappa shape index (κ2) is 7.80. The minimum Gasteiger partial charge on any atom is -0.337 e. The van der Waals surface area contributed by atoms with Crippen molar-refractivity contribution in [2.24, 2.45) is 7.05 Å². The summed E-state index contributed by atoms with van der Waals surface area (Å²) in [7, 11) is 1.83. The molecule has 1 aliphatic rings. The van der Waals surface area contributed by atoms with Crippen LogP contribution in [0.25, 0.3) is 6.08 Å². The highest BCUT2D eigenvalue weighted by Gasteiger charge is 2.21. The summed E-state index contributed by atoms with van der Waals surface area (Å²) in [5.41, 5.74) is 1.41. The van der Waals surface area contributed by atoms with E-state index < -0.39 is 0 Å². The van der Waals surface area contributed by atoms with E-state index in [2.05, 4.69) is 10.00 Å². The van der Waals surface area contributed by atoms with Gasteiger partial charge in [0, 0.05) is 68.2 Å². The van der Waals surface area contributed by atoms with E-state index in [-0.39, 0.29) is 11.7 Å². The molecule has 0 atom stereocenters. The van der Waals surface area contributed by atoms with Gasteiger partial charge in [-0.1, -0.05) is 17.7 Å². The van der Waals surface area contributed by atoms with Crippen LogP contribution < -0.4 is 0 Å². The van der Waals surface area contributed by atoms with Crippen molar-refractivity contribution in [2.75, 3.05) is 26.2 Å². The number of amides is 1. The first kappa shape index (κ1) is 17.6. The summed E-state index contributed by atoms with van der Waals surface area (Å²) >= 11 is 6.08. The zero-order valence-electron chi connectivity index (χ0n) is 14.0. The van der Waals surface area contributed by atoms with Crippen LogP contribution in [0.1, 0.15) is 11.1 Å². The van der Waals surface area contributed by atoms with Crippen molar-refractivity contribution in [1.82, 2.24) is 19.6 Å². The van der Waals surface area contributed by atoms with Crippen LogP contribution in [-0.2, 0) is 18.4 Å². The van der Waals surface area contributed by atoms with Crippen LogP contribution in [0.5, 0.6) is 0 Å². The molecule has 132 valence electrons. The largest absolute Gasteiger partial charge is 0.337 e. The van der Waals surface area contributed by atoms with Crippen molar-refractivity contribution in [2.45, 2.75) is 6.54 Å². The standard InChI is InChI=1S/C18H20ClFN4O/c1-22-12-14(11-21-22)5-6-18(25)24-9-7-23(8-10-24)13-15-16(19)3-2-4-17(15)20/h2-6,11-12H,7-10,13H2,1H3/b6-5+. The summed E-state index contributed by atoms with van der Waals surface area (Å²) in [5.74, 6) is -0.308. The number of aromatic nitrogens is 2. The number of aryl methyl sites for hydroxylation is 1. The first-order chi connectivity index (χ1) is 12.0. The molecule has 7 heteroatoms. The van der Waals surface area contributed by atoms with Gasteiger partial charge >= 0.3 is 0 Å². The fraction of sp³-hybridized carbons (Fsp3) is 0.333. The van der Waals surface area contributed by atoms with Crippen molar-refractivity contribution < 1.29 is 9.18 Å². The highest BCUT2D eigenvalue weighted by Crippen LogP contribution is 2.21. The Labute approximate surface area is 151 Å². The first-order valence-corrected chi connectivity index (χ1v) is 8.51. The maximum atomic E-state index is 13.9. The smallest absolute Gasteiger partial charge is 0.246 e. The summed E-state index contributed by atoms with van der Waals surface area (Å²) in [6, 6.07) is 4.72. The highest BCUT2D eigenvalue weighted by atomic mass is 35.5. The van der Waals surface area contributed by atoms with E-state index in [9.17, 15) is 9.18 Å². The molecule has 1 amide bonds. The number of halogens is 2. The molecule has 0 aliphatic carbocycles. The van der Waals surface area contributed by atoms with Gasteiger partial charge in [0.15, 0.2) is 0 Å². The monoisotopic (exact) mass is 362 g/mol.